The first-order chi connectivity index (χ1) is 18.4. The Labute approximate surface area is 225 Å². The number of carbonyl (C=O) groups is 2. The van der Waals surface area contributed by atoms with Crippen LogP contribution in [-0.2, 0) is 0 Å². The van der Waals surface area contributed by atoms with Crippen molar-refractivity contribution in [1.82, 2.24) is 20.2 Å². The van der Waals surface area contributed by atoms with Crippen LogP contribution in [0.4, 0.5) is 27.8 Å². The number of hydrogen-bond donors (Lipinski definition) is 3. The van der Waals surface area contributed by atoms with Crippen molar-refractivity contribution < 1.29 is 36.6 Å². The number of hydrogen-bond acceptors (Lipinski definition) is 7. The Balaban J connectivity index is 1.51. The van der Waals surface area contributed by atoms with E-state index in [1.807, 2.05) is 6.92 Å². The quantitative estimate of drug-likeness (QED) is 0.393. The molecule has 2 atom stereocenters. The molecule has 2 amide bonds. The third-order valence-electron chi connectivity index (χ3n) is 7.45. The van der Waals surface area contributed by atoms with Gasteiger partial charge in [0.1, 0.15) is 17.6 Å². The smallest absolute Gasteiger partial charge is 0.393 e. The number of carbonyl (C=O) groups excluding carboxylic acids is 2. The number of alkyl halides is 5. The zero-order chi connectivity index (χ0) is 28.1. The van der Waals surface area contributed by atoms with Gasteiger partial charge in [-0.15, -0.1) is 11.3 Å². The molecule has 2 aromatic rings. The van der Waals surface area contributed by atoms with Gasteiger partial charge in [-0.3, -0.25) is 9.59 Å². The number of nitrogens with one attached hydrogen (secondary N) is 2. The fraction of sp³-hybridized carbons (Fsp3) is 0.600. The van der Waals surface area contributed by atoms with Crippen LogP contribution in [0.2, 0.25) is 0 Å². The maximum Gasteiger partial charge on any atom is 0.408 e. The summed E-state index contributed by atoms with van der Waals surface area (Å²) in [5.74, 6) is -2.12. The third-order valence-corrected chi connectivity index (χ3v) is 8.54. The molecule has 1 saturated heterocycles. The molecule has 3 N–H and O–H groups in total. The zero-order valence-corrected chi connectivity index (χ0v) is 21.8. The first kappa shape index (κ1) is 27.7. The summed E-state index contributed by atoms with van der Waals surface area (Å²) in [6.07, 6.45) is -4.17. The molecule has 8 nitrogen and oxygen atoms in total. The number of pyridine rings is 1. The first-order valence-electron chi connectivity index (χ1n) is 12.8. The fourth-order valence-corrected chi connectivity index (χ4v) is 6.04. The van der Waals surface area contributed by atoms with Crippen LogP contribution in [0.3, 0.4) is 0 Å². The Bertz CT molecular complexity index is 1250. The minimum atomic E-state index is -4.57. The van der Waals surface area contributed by atoms with Gasteiger partial charge in [-0.1, -0.05) is 0 Å². The minimum absolute atomic E-state index is 0.00167. The molecule has 0 bridgehead atoms. The van der Waals surface area contributed by atoms with Gasteiger partial charge in [-0.05, 0) is 57.4 Å². The highest BCUT2D eigenvalue weighted by Crippen LogP contribution is 2.43. The Kier molecular flexibility index (Phi) is 7.53. The summed E-state index contributed by atoms with van der Waals surface area (Å²) >= 11 is 0.750. The molecule has 2 aromatic heterocycles. The molecule has 0 aromatic carbocycles. The van der Waals surface area contributed by atoms with Gasteiger partial charge in [0, 0.05) is 36.0 Å². The van der Waals surface area contributed by atoms with Crippen LogP contribution in [0.25, 0.3) is 10.4 Å². The summed E-state index contributed by atoms with van der Waals surface area (Å²) in [6, 6.07) is -1.42. The lowest BCUT2D eigenvalue weighted by molar-refractivity contribution is -0.146. The number of halogens is 5. The predicted molar refractivity (Wildman–Crippen MR) is 133 cm³/mol. The van der Waals surface area contributed by atoms with Crippen LogP contribution in [0.1, 0.15) is 77.7 Å². The SMILES string of the molecule is C[C@H]1CCCN1C(=O)c1nc(C(=O)N[C@H]2C[C@H](O)C2)sc1-c1cnc(N[C@H](C2CC2)C(F)(F)F)cc1C(F)F. The molecule has 0 spiro atoms. The normalized spacial score (nSPS) is 24.0. The lowest BCUT2D eigenvalue weighted by Gasteiger charge is -2.31. The summed E-state index contributed by atoms with van der Waals surface area (Å²) in [6.45, 7) is 2.30. The van der Waals surface area contributed by atoms with Crippen molar-refractivity contribution in [2.24, 2.45) is 5.92 Å². The van der Waals surface area contributed by atoms with Crippen molar-refractivity contribution in [2.75, 3.05) is 11.9 Å². The predicted octanol–water partition coefficient (Wildman–Crippen LogP) is 4.77. The molecule has 14 heteroatoms. The Hall–Kier alpha value is -2.87. The average Bonchev–Trinajstić information content (AvgIpc) is 3.43. The number of aromatic nitrogens is 2. The second-order valence-corrected chi connectivity index (χ2v) is 11.4. The van der Waals surface area contributed by atoms with E-state index in [4.69, 9.17) is 0 Å². The second-order valence-electron chi connectivity index (χ2n) is 10.4. The van der Waals surface area contributed by atoms with Crippen molar-refractivity contribution >= 4 is 29.0 Å². The van der Waals surface area contributed by atoms with Gasteiger partial charge in [0.25, 0.3) is 18.2 Å². The molecule has 3 heterocycles. The van der Waals surface area contributed by atoms with E-state index in [1.165, 1.54) is 0 Å². The fourth-order valence-electron chi connectivity index (χ4n) is 5.04. The number of aliphatic hydroxyl groups is 1. The van der Waals surface area contributed by atoms with E-state index in [9.17, 15) is 36.6 Å². The van der Waals surface area contributed by atoms with Crippen molar-refractivity contribution in [1.29, 1.82) is 0 Å². The van der Waals surface area contributed by atoms with Gasteiger partial charge in [0.05, 0.1) is 11.0 Å². The van der Waals surface area contributed by atoms with Crippen LogP contribution in [0.5, 0.6) is 0 Å². The molecule has 3 aliphatic rings. The highest BCUT2D eigenvalue weighted by molar-refractivity contribution is 7.17. The van der Waals surface area contributed by atoms with Crippen molar-refractivity contribution in [3.63, 3.8) is 0 Å². The van der Waals surface area contributed by atoms with E-state index >= 15 is 0 Å². The van der Waals surface area contributed by atoms with Crippen molar-refractivity contribution in [2.45, 2.75) is 82.3 Å². The zero-order valence-electron chi connectivity index (χ0n) is 21.0. The standard InChI is InChI=1S/C25H28F5N5O3S/c1-11-3-2-6-35(11)24(38)18-19(39-23(34-18)22(37)32-13-7-14(36)8-13)16-10-31-17(9-15(16)21(26)27)33-20(12-4-5-12)25(28,29)30/h9-14,20-21,36H,2-8H2,1H3,(H,31,33)(H,32,37)/t11-,13-,14-,20+/m0/s1. The van der Waals surface area contributed by atoms with E-state index in [0.29, 0.717) is 32.2 Å². The molecule has 2 saturated carbocycles. The lowest BCUT2D eigenvalue weighted by atomic mass is 9.89. The Morgan fingerprint density at radius 2 is 1.92 bits per heavy atom. The number of aliphatic hydroxyl groups excluding tert-OH is 1. The first-order valence-corrected chi connectivity index (χ1v) is 13.7. The maximum absolute atomic E-state index is 14.3. The highest BCUT2D eigenvalue weighted by atomic mass is 32.1. The maximum atomic E-state index is 14.3. The molecule has 1 aliphatic heterocycles. The molecule has 212 valence electrons. The number of nitrogens with zero attached hydrogens (tertiary/aromatic N) is 3. The van der Waals surface area contributed by atoms with E-state index in [0.717, 1.165) is 36.4 Å². The lowest BCUT2D eigenvalue weighted by Crippen LogP contribution is -2.46. The minimum Gasteiger partial charge on any atom is -0.393 e. The van der Waals surface area contributed by atoms with Gasteiger partial charge in [0.15, 0.2) is 5.01 Å². The van der Waals surface area contributed by atoms with Crippen LogP contribution in [-0.4, -0.2) is 68.7 Å². The third kappa shape index (κ3) is 5.86. The molecule has 0 unspecified atom stereocenters. The topological polar surface area (TPSA) is 107 Å². The number of thiazole rings is 1. The van der Waals surface area contributed by atoms with Gasteiger partial charge in [-0.2, -0.15) is 13.2 Å². The number of rotatable bonds is 8. The Morgan fingerprint density at radius 1 is 1.21 bits per heavy atom. The molecule has 0 radical (unpaired) electrons. The monoisotopic (exact) mass is 573 g/mol. The highest BCUT2D eigenvalue weighted by Gasteiger charge is 2.49. The summed E-state index contributed by atoms with van der Waals surface area (Å²) in [5, 5.41) is 14.4. The molecule has 5 rings (SSSR count). The average molecular weight is 574 g/mol. The van der Waals surface area contributed by atoms with E-state index in [1.54, 1.807) is 4.90 Å². The molecule has 2 aliphatic carbocycles. The second kappa shape index (κ2) is 10.6. The van der Waals surface area contributed by atoms with Gasteiger partial charge in [-0.25, -0.2) is 18.7 Å². The van der Waals surface area contributed by atoms with Crippen molar-refractivity contribution in [3.8, 4) is 10.4 Å². The van der Waals surface area contributed by atoms with E-state index in [-0.39, 0.29) is 39.0 Å². The summed E-state index contributed by atoms with van der Waals surface area (Å²) < 4.78 is 69.0. The number of anilines is 1. The molecular formula is C25H28F5N5O3S. The van der Waals surface area contributed by atoms with Gasteiger partial charge < -0.3 is 20.6 Å². The van der Waals surface area contributed by atoms with Crippen LogP contribution >= 0.6 is 11.3 Å². The summed E-state index contributed by atoms with van der Waals surface area (Å²) in [4.78, 5) is 36.1. The van der Waals surface area contributed by atoms with Crippen LogP contribution < -0.4 is 10.6 Å². The largest absolute Gasteiger partial charge is 0.408 e. The number of likely N-dealkylation sites (tertiary alicyclic amines) is 1. The number of amides is 2. The van der Waals surface area contributed by atoms with Crippen LogP contribution in [0, 0.1) is 5.92 Å². The molecule has 3 fully saturated rings. The molecular weight excluding hydrogens is 545 g/mol. The van der Waals surface area contributed by atoms with Crippen molar-refractivity contribution in [3.05, 3.63) is 28.5 Å². The van der Waals surface area contributed by atoms with E-state index < -0.39 is 48.0 Å². The summed E-state index contributed by atoms with van der Waals surface area (Å²) in [7, 11) is 0. The van der Waals surface area contributed by atoms with Gasteiger partial charge in [0.2, 0.25) is 0 Å². The van der Waals surface area contributed by atoms with Gasteiger partial charge >= 0.3 is 6.18 Å². The Morgan fingerprint density at radius 3 is 2.49 bits per heavy atom. The van der Waals surface area contributed by atoms with Crippen LogP contribution in [0.15, 0.2) is 12.3 Å². The summed E-state index contributed by atoms with van der Waals surface area (Å²) in [5.41, 5.74) is -0.968. The molecule has 39 heavy (non-hydrogen) atoms. The van der Waals surface area contributed by atoms with E-state index in [2.05, 4.69) is 20.6 Å².